The van der Waals surface area contributed by atoms with E-state index in [-0.39, 0.29) is 5.56 Å². The van der Waals surface area contributed by atoms with Gasteiger partial charge in [0.15, 0.2) is 5.15 Å². The summed E-state index contributed by atoms with van der Waals surface area (Å²) in [6.07, 6.45) is 0. The van der Waals surface area contributed by atoms with E-state index >= 15 is 0 Å². The first-order valence-corrected chi connectivity index (χ1v) is 5.26. The Bertz CT molecular complexity index is 565. The van der Waals surface area contributed by atoms with Crippen molar-refractivity contribution in [2.45, 2.75) is 6.54 Å². The molecule has 1 heterocycles. The van der Waals surface area contributed by atoms with Crippen LogP contribution in [0.2, 0.25) is 5.15 Å². The molecule has 0 saturated heterocycles. The molecule has 2 aromatic rings. The van der Waals surface area contributed by atoms with Gasteiger partial charge in [0.1, 0.15) is 0 Å². The number of benzene rings is 1. The van der Waals surface area contributed by atoms with Crippen LogP contribution < -0.4 is 5.56 Å². The molecule has 1 aromatic heterocycles. The Hall–Kier alpha value is -1.39. The smallest absolute Gasteiger partial charge is 0.274 e. The van der Waals surface area contributed by atoms with Crippen molar-refractivity contribution in [3.05, 3.63) is 39.8 Å². The van der Waals surface area contributed by atoms with Crippen LogP contribution in [-0.2, 0) is 11.3 Å². The predicted molar refractivity (Wildman–Crippen MR) is 62.9 cm³/mol. The van der Waals surface area contributed by atoms with E-state index in [1.165, 1.54) is 4.68 Å². The van der Waals surface area contributed by atoms with E-state index in [4.69, 9.17) is 16.3 Å². The number of aromatic nitrogens is 2. The summed E-state index contributed by atoms with van der Waals surface area (Å²) >= 11 is 6.00. The lowest BCUT2D eigenvalue weighted by molar-refractivity contribution is 0.182. The highest BCUT2D eigenvalue weighted by atomic mass is 35.5. The third-order valence-corrected chi connectivity index (χ3v) is 2.61. The molecule has 0 atom stereocenters. The molecular weight excluding hydrogens is 228 g/mol. The zero-order valence-corrected chi connectivity index (χ0v) is 9.57. The summed E-state index contributed by atoms with van der Waals surface area (Å²) in [5, 5.41) is 5.63. The van der Waals surface area contributed by atoms with Gasteiger partial charge in [0.2, 0.25) is 0 Å². The molecule has 84 valence electrons. The molecule has 0 spiro atoms. The third kappa shape index (κ3) is 1.94. The van der Waals surface area contributed by atoms with Gasteiger partial charge in [-0.15, -0.1) is 0 Å². The summed E-state index contributed by atoms with van der Waals surface area (Å²) in [6.45, 7) is 0.835. The minimum absolute atomic E-state index is 0.142. The molecule has 4 nitrogen and oxygen atoms in total. The minimum atomic E-state index is -0.142. The van der Waals surface area contributed by atoms with E-state index in [0.717, 1.165) is 0 Å². The number of hydrogen-bond donors (Lipinski definition) is 0. The van der Waals surface area contributed by atoms with Crippen molar-refractivity contribution in [3.63, 3.8) is 0 Å². The van der Waals surface area contributed by atoms with Crippen molar-refractivity contribution >= 4 is 22.4 Å². The van der Waals surface area contributed by atoms with Gasteiger partial charge in [0.25, 0.3) is 5.56 Å². The van der Waals surface area contributed by atoms with E-state index in [9.17, 15) is 4.79 Å². The largest absolute Gasteiger partial charge is 0.383 e. The summed E-state index contributed by atoms with van der Waals surface area (Å²) in [5.74, 6) is 0. The van der Waals surface area contributed by atoms with Gasteiger partial charge in [-0.1, -0.05) is 29.8 Å². The Labute approximate surface area is 97.4 Å². The second kappa shape index (κ2) is 4.63. The SMILES string of the molecule is COCCn1nc(Cl)c2ccccc2c1=O. The van der Waals surface area contributed by atoms with Gasteiger partial charge < -0.3 is 4.74 Å². The molecule has 0 unspecified atom stereocenters. The van der Waals surface area contributed by atoms with Gasteiger partial charge in [-0.2, -0.15) is 5.10 Å². The molecule has 0 radical (unpaired) electrons. The second-order valence-electron chi connectivity index (χ2n) is 3.36. The lowest BCUT2D eigenvalue weighted by Gasteiger charge is -2.06. The first-order valence-electron chi connectivity index (χ1n) is 4.88. The van der Waals surface area contributed by atoms with Crippen molar-refractivity contribution in [2.75, 3.05) is 13.7 Å². The number of ether oxygens (including phenoxy) is 1. The maximum Gasteiger partial charge on any atom is 0.274 e. The summed E-state index contributed by atoms with van der Waals surface area (Å²) in [4.78, 5) is 12.0. The average molecular weight is 239 g/mol. The van der Waals surface area contributed by atoms with Crippen molar-refractivity contribution in [1.29, 1.82) is 0 Å². The number of rotatable bonds is 3. The predicted octanol–water partition coefficient (Wildman–Crippen LogP) is 1.70. The zero-order valence-electron chi connectivity index (χ0n) is 8.81. The molecule has 0 amide bonds. The first kappa shape index (κ1) is 11.1. The molecule has 1 aromatic carbocycles. The maximum atomic E-state index is 12.0. The van der Waals surface area contributed by atoms with Crippen molar-refractivity contribution in [1.82, 2.24) is 9.78 Å². The number of hydrogen-bond acceptors (Lipinski definition) is 3. The van der Waals surface area contributed by atoms with Crippen LogP contribution in [0.3, 0.4) is 0 Å². The van der Waals surface area contributed by atoms with Crippen molar-refractivity contribution in [3.8, 4) is 0 Å². The topological polar surface area (TPSA) is 44.1 Å². The van der Waals surface area contributed by atoms with Crippen LogP contribution in [0, 0.1) is 0 Å². The molecule has 0 aliphatic carbocycles. The van der Waals surface area contributed by atoms with Crippen LogP contribution in [0.1, 0.15) is 0 Å². The van der Waals surface area contributed by atoms with Gasteiger partial charge in [-0.3, -0.25) is 4.79 Å². The number of methoxy groups -OCH3 is 1. The Balaban J connectivity index is 2.61. The summed E-state index contributed by atoms with van der Waals surface area (Å²) in [6, 6.07) is 7.16. The summed E-state index contributed by atoms with van der Waals surface area (Å²) in [7, 11) is 1.58. The molecule has 0 fully saturated rings. The van der Waals surface area contributed by atoms with E-state index in [1.807, 2.05) is 6.07 Å². The molecule has 16 heavy (non-hydrogen) atoms. The van der Waals surface area contributed by atoms with E-state index in [1.54, 1.807) is 25.3 Å². The Kier molecular flexibility index (Phi) is 3.22. The molecule has 0 aliphatic heterocycles. The third-order valence-electron chi connectivity index (χ3n) is 2.33. The maximum absolute atomic E-state index is 12.0. The monoisotopic (exact) mass is 238 g/mol. The van der Waals surface area contributed by atoms with Crippen molar-refractivity contribution < 1.29 is 4.74 Å². The molecule has 0 N–H and O–H groups in total. The first-order chi connectivity index (χ1) is 7.74. The van der Waals surface area contributed by atoms with Crippen LogP contribution in [0.4, 0.5) is 0 Å². The van der Waals surface area contributed by atoms with Crippen LogP contribution in [0.15, 0.2) is 29.1 Å². The zero-order chi connectivity index (χ0) is 11.5. The highest BCUT2D eigenvalue weighted by Crippen LogP contribution is 2.17. The lowest BCUT2D eigenvalue weighted by Crippen LogP contribution is -2.25. The van der Waals surface area contributed by atoms with Crippen LogP contribution in [0.5, 0.6) is 0 Å². The molecule has 0 bridgehead atoms. The highest BCUT2D eigenvalue weighted by Gasteiger charge is 2.07. The van der Waals surface area contributed by atoms with Crippen LogP contribution in [-0.4, -0.2) is 23.5 Å². The van der Waals surface area contributed by atoms with Gasteiger partial charge in [-0.05, 0) is 6.07 Å². The van der Waals surface area contributed by atoms with E-state index in [0.29, 0.717) is 29.1 Å². The normalized spacial score (nSPS) is 10.9. The van der Waals surface area contributed by atoms with Crippen LogP contribution in [0.25, 0.3) is 10.8 Å². The van der Waals surface area contributed by atoms with Gasteiger partial charge >= 0.3 is 0 Å². The molecule has 0 saturated carbocycles. The van der Waals surface area contributed by atoms with E-state index < -0.39 is 0 Å². The van der Waals surface area contributed by atoms with Crippen LogP contribution >= 0.6 is 11.6 Å². The lowest BCUT2D eigenvalue weighted by atomic mass is 10.2. The van der Waals surface area contributed by atoms with Gasteiger partial charge in [-0.25, -0.2) is 4.68 Å². The Morgan fingerprint density at radius 1 is 1.38 bits per heavy atom. The number of halogens is 1. The molecular formula is C11H11ClN2O2. The molecule has 5 heteroatoms. The Morgan fingerprint density at radius 3 is 2.75 bits per heavy atom. The number of fused-ring (bicyclic) bond motifs is 1. The average Bonchev–Trinajstić information content (AvgIpc) is 2.32. The quantitative estimate of drug-likeness (QED) is 0.818. The standard InChI is InChI=1S/C11H11ClN2O2/c1-16-7-6-14-11(15)9-5-3-2-4-8(9)10(12)13-14/h2-5H,6-7H2,1H3. The van der Waals surface area contributed by atoms with Gasteiger partial charge in [0.05, 0.1) is 18.5 Å². The van der Waals surface area contributed by atoms with Gasteiger partial charge in [0, 0.05) is 12.5 Å². The summed E-state index contributed by atoms with van der Waals surface area (Å²) in [5.41, 5.74) is -0.142. The molecule has 0 aliphatic rings. The Morgan fingerprint density at radius 2 is 2.06 bits per heavy atom. The summed E-state index contributed by atoms with van der Waals surface area (Å²) < 4.78 is 6.24. The van der Waals surface area contributed by atoms with Crippen molar-refractivity contribution in [2.24, 2.45) is 0 Å². The fourth-order valence-corrected chi connectivity index (χ4v) is 1.78. The fourth-order valence-electron chi connectivity index (χ4n) is 1.52. The highest BCUT2D eigenvalue weighted by molar-refractivity contribution is 6.34. The fraction of sp³-hybridized carbons (Fsp3) is 0.273. The second-order valence-corrected chi connectivity index (χ2v) is 3.72. The number of nitrogens with zero attached hydrogens (tertiary/aromatic N) is 2. The minimum Gasteiger partial charge on any atom is -0.383 e. The van der Waals surface area contributed by atoms with E-state index in [2.05, 4.69) is 5.10 Å². The molecule has 2 rings (SSSR count).